The maximum Gasteiger partial charge on any atom is 0.188 e. The molecule has 3 aromatic rings. The summed E-state index contributed by atoms with van der Waals surface area (Å²) < 4.78 is 1.53. The molecule has 1 heterocycles. The van der Waals surface area contributed by atoms with E-state index in [4.69, 9.17) is 11.6 Å². The predicted molar refractivity (Wildman–Crippen MR) is 85.6 cm³/mol. The molecule has 0 atom stereocenters. The molecule has 0 saturated carbocycles. The molecular formula is C17H12ClN3O. The van der Waals surface area contributed by atoms with E-state index in [-0.39, 0.29) is 5.78 Å². The fraction of sp³-hybridized carbons (Fsp3) is 0. The molecule has 0 fully saturated rings. The van der Waals surface area contributed by atoms with Crippen molar-refractivity contribution in [3.05, 3.63) is 89.5 Å². The molecule has 0 unspecified atom stereocenters. The van der Waals surface area contributed by atoms with Gasteiger partial charge in [-0.2, -0.15) is 5.10 Å². The summed E-state index contributed by atoms with van der Waals surface area (Å²) in [5.41, 5.74) is 1.91. The monoisotopic (exact) mass is 309 g/mol. The lowest BCUT2D eigenvalue weighted by atomic mass is 10.1. The van der Waals surface area contributed by atoms with Gasteiger partial charge in [-0.05, 0) is 6.07 Å². The molecule has 0 aliphatic carbocycles. The van der Waals surface area contributed by atoms with Gasteiger partial charge in [-0.25, -0.2) is 9.67 Å². The number of benzene rings is 2. The topological polar surface area (TPSA) is 47.8 Å². The number of hydrogen-bond acceptors (Lipinski definition) is 3. The van der Waals surface area contributed by atoms with Crippen LogP contribution in [-0.2, 0) is 0 Å². The molecule has 1 aromatic heterocycles. The molecule has 22 heavy (non-hydrogen) atoms. The smallest absolute Gasteiger partial charge is 0.188 e. The number of carbonyl (C=O) groups is 1. The van der Waals surface area contributed by atoms with E-state index in [0.717, 1.165) is 5.56 Å². The van der Waals surface area contributed by atoms with Crippen LogP contribution in [0, 0.1) is 0 Å². The fourth-order valence-corrected chi connectivity index (χ4v) is 2.31. The van der Waals surface area contributed by atoms with Crippen molar-refractivity contribution in [3.8, 4) is 0 Å². The van der Waals surface area contributed by atoms with Crippen molar-refractivity contribution in [1.82, 2.24) is 14.8 Å². The lowest BCUT2D eigenvalue weighted by Crippen LogP contribution is -2.04. The van der Waals surface area contributed by atoms with Crippen LogP contribution in [0.25, 0.3) is 5.70 Å². The fourth-order valence-electron chi connectivity index (χ4n) is 2.08. The Balaban J connectivity index is 2.09. The van der Waals surface area contributed by atoms with E-state index in [1.807, 2.05) is 36.4 Å². The van der Waals surface area contributed by atoms with Gasteiger partial charge in [0.2, 0.25) is 0 Å². The summed E-state index contributed by atoms with van der Waals surface area (Å²) in [6.45, 7) is 0. The van der Waals surface area contributed by atoms with Crippen LogP contribution >= 0.6 is 11.6 Å². The summed E-state index contributed by atoms with van der Waals surface area (Å²) >= 11 is 6.25. The Bertz CT molecular complexity index is 811. The van der Waals surface area contributed by atoms with Crippen LogP contribution in [0.5, 0.6) is 0 Å². The molecule has 108 valence electrons. The molecular weight excluding hydrogens is 298 g/mol. The second-order valence-corrected chi connectivity index (χ2v) is 4.99. The van der Waals surface area contributed by atoms with Gasteiger partial charge in [0.15, 0.2) is 5.78 Å². The third-order valence-corrected chi connectivity index (χ3v) is 3.47. The Morgan fingerprint density at radius 3 is 2.45 bits per heavy atom. The van der Waals surface area contributed by atoms with Crippen LogP contribution in [-0.4, -0.2) is 20.5 Å². The SMILES string of the molecule is O=C(C=C(c1ccccc1Cl)n1cncn1)c1ccccc1. The highest BCUT2D eigenvalue weighted by Crippen LogP contribution is 2.24. The number of aromatic nitrogens is 3. The summed E-state index contributed by atoms with van der Waals surface area (Å²) in [5, 5.41) is 4.65. The lowest BCUT2D eigenvalue weighted by molar-refractivity contribution is 0.104. The Hall–Kier alpha value is -2.72. The molecule has 0 aliphatic heterocycles. The first-order valence-corrected chi connectivity index (χ1v) is 7.04. The molecule has 0 saturated heterocycles. The minimum Gasteiger partial charge on any atom is -0.289 e. The third kappa shape index (κ3) is 2.97. The average Bonchev–Trinajstić information content (AvgIpc) is 3.08. The van der Waals surface area contributed by atoms with Crippen molar-refractivity contribution in [2.45, 2.75) is 0 Å². The van der Waals surface area contributed by atoms with E-state index < -0.39 is 0 Å². The van der Waals surface area contributed by atoms with Crippen LogP contribution in [0.4, 0.5) is 0 Å². The largest absolute Gasteiger partial charge is 0.289 e. The molecule has 0 radical (unpaired) electrons. The zero-order valence-corrected chi connectivity index (χ0v) is 12.3. The molecule has 0 aliphatic rings. The van der Waals surface area contributed by atoms with Gasteiger partial charge >= 0.3 is 0 Å². The number of ketones is 1. The minimum atomic E-state index is -0.119. The Labute approximate surface area is 132 Å². The van der Waals surface area contributed by atoms with Gasteiger partial charge in [-0.15, -0.1) is 0 Å². The highest BCUT2D eigenvalue weighted by molar-refractivity contribution is 6.32. The predicted octanol–water partition coefficient (Wildman–Crippen LogP) is 3.70. The Kier molecular flexibility index (Phi) is 4.12. The number of nitrogens with zero attached hydrogens (tertiary/aromatic N) is 3. The molecule has 5 heteroatoms. The number of hydrogen-bond donors (Lipinski definition) is 0. The first-order valence-electron chi connectivity index (χ1n) is 6.66. The maximum absolute atomic E-state index is 12.5. The molecule has 2 aromatic carbocycles. The van der Waals surface area contributed by atoms with E-state index in [1.165, 1.54) is 23.4 Å². The quantitative estimate of drug-likeness (QED) is 0.545. The second-order valence-electron chi connectivity index (χ2n) is 4.58. The van der Waals surface area contributed by atoms with Crippen LogP contribution < -0.4 is 0 Å². The lowest BCUT2D eigenvalue weighted by Gasteiger charge is -2.09. The highest BCUT2D eigenvalue weighted by Gasteiger charge is 2.12. The summed E-state index contributed by atoms with van der Waals surface area (Å²) in [6, 6.07) is 16.4. The van der Waals surface area contributed by atoms with Gasteiger partial charge in [0.1, 0.15) is 12.7 Å². The minimum absolute atomic E-state index is 0.119. The van der Waals surface area contributed by atoms with Crippen molar-refractivity contribution < 1.29 is 4.79 Å². The summed E-state index contributed by atoms with van der Waals surface area (Å²) in [6.07, 6.45) is 4.47. The van der Waals surface area contributed by atoms with E-state index in [1.54, 1.807) is 18.2 Å². The number of halogens is 1. The van der Waals surface area contributed by atoms with Crippen molar-refractivity contribution in [2.75, 3.05) is 0 Å². The third-order valence-electron chi connectivity index (χ3n) is 3.14. The molecule has 0 spiro atoms. The second kappa shape index (κ2) is 6.37. The zero-order chi connectivity index (χ0) is 15.4. The number of carbonyl (C=O) groups excluding carboxylic acids is 1. The van der Waals surface area contributed by atoms with Gasteiger partial charge in [-0.1, -0.05) is 60.1 Å². The molecule has 4 nitrogen and oxygen atoms in total. The van der Waals surface area contributed by atoms with Crippen LogP contribution in [0.2, 0.25) is 5.02 Å². The van der Waals surface area contributed by atoms with Crippen molar-refractivity contribution in [1.29, 1.82) is 0 Å². The molecule has 0 amide bonds. The van der Waals surface area contributed by atoms with E-state index >= 15 is 0 Å². The van der Waals surface area contributed by atoms with Crippen LogP contribution in [0.3, 0.4) is 0 Å². The summed E-state index contributed by atoms with van der Waals surface area (Å²) in [4.78, 5) is 16.4. The molecule has 0 N–H and O–H groups in total. The molecule has 0 bridgehead atoms. The summed E-state index contributed by atoms with van der Waals surface area (Å²) in [5.74, 6) is -0.119. The van der Waals surface area contributed by atoms with Gasteiger partial charge in [0.05, 0.1) is 5.70 Å². The Morgan fingerprint density at radius 2 is 1.77 bits per heavy atom. The van der Waals surface area contributed by atoms with Gasteiger partial charge in [-0.3, -0.25) is 4.79 Å². The van der Waals surface area contributed by atoms with Crippen molar-refractivity contribution in [2.24, 2.45) is 0 Å². The number of allylic oxidation sites excluding steroid dienone is 1. The van der Waals surface area contributed by atoms with Crippen molar-refractivity contribution >= 4 is 23.1 Å². The van der Waals surface area contributed by atoms with Gasteiger partial charge in [0.25, 0.3) is 0 Å². The van der Waals surface area contributed by atoms with Crippen LogP contribution in [0.15, 0.2) is 73.3 Å². The van der Waals surface area contributed by atoms with Crippen molar-refractivity contribution in [3.63, 3.8) is 0 Å². The Morgan fingerprint density at radius 1 is 1.05 bits per heavy atom. The van der Waals surface area contributed by atoms with E-state index in [9.17, 15) is 4.79 Å². The van der Waals surface area contributed by atoms with Gasteiger partial charge in [0, 0.05) is 22.2 Å². The highest BCUT2D eigenvalue weighted by atomic mass is 35.5. The first-order chi connectivity index (χ1) is 10.8. The number of rotatable bonds is 4. The van der Waals surface area contributed by atoms with E-state index in [0.29, 0.717) is 16.3 Å². The molecule has 3 rings (SSSR count). The average molecular weight is 310 g/mol. The summed E-state index contributed by atoms with van der Waals surface area (Å²) in [7, 11) is 0. The standard InChI is InChI=1S/C17H12ClN3O/c18-15-9-5-4-8-14(15)16(21-12-19-11-20-21)10-17(22)13-6-2-1-3-7-13/h1-12H. The maximum atomic E-state index is 12.5. The first kappa shape index (κ1) is 14.2. The normalized spacial score (nSPS) is 11.4. The zero-order valence-electron chi connectivity index (χ0n) is 11.6. The van der Waals surface area contributed by atoms with Crippen LogP contribution in [0.1, 0.15) is 15.9 Å². The van der Waals surface area contributed by atoms with Gasteiger partial charge < -0.3 is 0 Å². The van der Waals surface area contributed by atoms with E-state index in [2.05, 4.69) is 10.1 Å².